The van der Waals surface area contributed by atoms with Crippen LogP contribution in [0.2, 0.25) is 0 Å². The van der Waals surface area contributed by atoms with Gasteiger partial charge in [-0.1, -0.05) is 30.3 Å². The highest BCUT2D eigenvalue weighted by Gasteiger charge is 2.14. The Morgan fingerprint density at radius 1 is 1.00 bits per heavy atom. The molecule has 3 rings (SSSR count). The standard InChI is InChI=1S/C15H11NO2/c16-12-6-7-13-11(8-12)9-14(18-13)15(17)10-4-2-1-3-5-10/h1-9H,16H2. The van der Waals surface area contributed by atoms with Crippen LogP contribution < -0.4 is 5.73 Å². The minimum Gasteiger partial charge on any atom is -0.453 e. The molecule has 0 saturated heterocycles. The fourth-order valence-corrected chi connectivity index (χ4v) is 1.91. The van der Waals surface area contributed by atoms with E-state index < -0.39 is 0 Å². The molecule has 18 heavy (non-hydrogen) atoms. The number of rotatable bonds is 2. The summed E-state index contributed by atoms with van der Waals surface area (Å²) in [6, 6.07) is 16.1. The maximum absolute atomic E-state index is 12.2. The Hall–Kier alpha value is -2.55. The summed E-state index contributed by atoms with van der Waals surface area (Å²) in [5.74, 6) is 0.215. The highest BCUT2D eigenvalue weighted by Crippen LogP contribution is 2.23. The maximum atomic E-state index is 12.2. The zero-order chi connectivity index (χ0) is 12.5. The van der Waals surface area contributed by atoms with Crippen LogP contribution in [0.25, 0.3) is 11.0 Å². The molecule has 0 fully saturated rings. The number of benzene rings is 2. The van der Waals surface area contributed by atoms with E-state index in [0.717, 1.165) is 5.39 Å². The van der Waals surface area contributed by atoms with E-state index in [0.29, 0.717) is 22.6 Å². The third-order valence-corrected chi connectivity index (χ3v) is 2.80. The summed E-state index contributed by atoms with van der Waals surface area (Å²) in [4.78, 5) is 12.2. The topological polar surface area (TPSA) is 56.2 Å². The number of nitrogen functional groups attached to an aromatic ring is 1. The Morgan fingerprint density at radius 2 is 1.78 bits per heavy atom. The second-order valence-electron chi connectivity index (χ2n) is 4.10. The summed E-state index contributed by atoms with van der Waals surface area (Å²) in [6.45, 7) is 0. The number of carbonyl (C=O) groups is 1. The SMILES string of the molecule is Nc1ccc2oc(C(=O)c3ccccc3)cc2c1. The van der Waals surface area contributed by atoms with Crippen molar-refractivity contribution in [2.45, 2.75) is 0 Å². The number of nitrogens with two attached hydrogens (primary N) is 1. The van der Waals surface area contributed by atoms with E-state index in [4.69, 9.17) is 10.2 Å². The van der Waals surface area contributed by atoms with Gasteiger partial charge in [-0.3, -0.25) is 4.79 Å². The number of hydrogen-bond donors (Lipinski definition) is 1. The summed E-state index contributed by atoms with van der Waals surface area (Å²) in [7, 11) is 0. The Balaban J connectivity index is 2.07. The molecule has 3 aromatic rings. The van der Waals surface area contributed by atoms with Gasteiger partial charge in [0.25, 0.3) is 0 Å². The normalized spacial score (nSPS) is 10.7. The van der Waals surface area contributed by atoms with Gasteiger partial charge in [-0.2, -0.15) is 0 Å². The lowest BCUT2D eigenvalue weighted by atomic mass is 10.1. The molecule has 0 aliphatic rings. The van der Waals surface area contributed by atoms with Gasteiger partial charge in [-0.05, 0) is 24.3 Å². The Kier molecular flexibility index (Phi) is 2.38. The van der Waals surface area contributed by atoms with E-state index in [2.05, 4.69) is 0 Å². The summed E-state index contributed by atoms with van der Waals surface area (Å²) in [6.07, 6.45) is 0. The first-order valence-corrected chi connectivity index (χ1v) is 5.63. The van der Waals surface area contributed by atoms with Crippen molar-refractivity contribution in [1.82, 2.24) is 0 Å². The van der Waals surface area contributed by atoms with Crippen molar-refractivity contribution >= 4 is 22.4 Å². The van der Waals surface area contributed by atoms with Crippen molar-refractivity contribution < 1.29 is 9.21 Å². The molecule has 0 aliphatic heterocycles. The summed E-state index contributed by atoms with van der Waals surface area (Å²) in [5.41, 5.74) is 7.63. The second-order valence-corrected chi connectivity index (χ2v) is 4.10. The van der Waals surface area contributed by atoms with E-state index in [1.165, 1.54) is 0 Å². The molecule has 0 spiro atoms. The molecule has 0 bridgehead atoms. The number of hydrogen-bond acceptors (Lipinski definition) is 3. The first kappa shape index (κ1) is 10.6. The minimum absolute atomic E-state index is 0.120. The molecule has 0 radical (unpaired) electrons. The lowest BCUT2D eigenvalue weighted by Gasteiger charge is -1.95. The van der Waals surface area contributed by atoms with Crippen LogP contribution in [-0.2, 0) is 0 Å². The van der Waals surface area contributed by atoms with Crippen LogP contribution in [0.4, 0.5) is 5.69 Å². The van der Waals surface area contributed by atoms with Crippen LogP contribution in [0.3, 0.4) is 0 Å². The van der Waals surface area contributed by atoms with Crippen molar-refractivity contribution in [2.24, 2.45) is 0 Å². The van der Waals surface area contributed by atoms with Gasteiger partial charge in [0.2, 0.25) is 5.78 Å². The van der Waals surface area contributed by atoms with Crippen LogP contribution in [0.5, 0.6) is 0 Å². The quantitative estimate of drug-likeness (QED) is 0.549. The van der Waals surface area contributed by atoms with E-state index in [1.54, 1.807) is 36.4 Å². The number of anilines is 1. The predicted octanol–water partition coefficient (Wildman–Crippen LogP) is 3.25. The molecule has 3 heteroatoms. The average molecular weight is 237 g/mol. The molecule has 0 amide bonds. The van der Waals surface area contributed by atoms with Crippen LogP contribution in [0.1, 0.15) is 16.1 Å². The third-order valence-electron chi connectivity index (χ3n) is 2.80. The maximum Gasteiger partial charge on any atom is 0.228 e. The molecule has 0 aliphatic carbocycles. The molecule has 3 nitrogen and oxygen atoms in total. The zero-order valence-corrected chi connectivity index (χ0v) is 9.59. The van der Waals surface area contributed by atoms with E-state index in [-0.39, 0.29) is 5.78 Å². The molecular formula is C15H11NO2. The van der Waals surface area contributed by atoms with Crippen molar-refractivity contribution in [2.75, 3.05) is 5.73 Å². The molecule has 1 heterocycles. The van der Waals surface area contributed by atoms with Crippen molar-refractivity contribution in [3.8, 4) is 0 Å². The minimum atomic E-state index is -0.120. The largest absolute Gasteiger partial charge is 0.453 e. The average Bonchev–Trinajstić information content (AvgIpc) is 2.81. The monoisotopic (exact) mass is 237 g/mol. The summed E-state index contributed by atoms with van der Waals surface area (Å²) >= 11 is 0. The van der Waals surface area contributed by atoms with Crippen molar-refractivity contribution in [1.29, 1.82) is 0 Å². The number of fused-ring (bicyclic) bond motifs is 1. The fraction of sp³-hybridized carbons (Fsp3) is 0. The van der Waals surface area contributed by atoms with Crippen LogP contribution in [-0.4, -0.2) is 5.78 Å². The lowest BCUT2D eigenvalue weighted by Crippen LogP contribution is -1.98. The van der Waals surface area contributed by atoms with E-state index in [9.17, 15) is 4.79 Å². The van der Waals surface area contributed by atoms with Crippen LogP contribution >= 0.6 is 0 Å². The van der Waals surface area contributed by atoms with Gasteiger partial charge < -0.3 is 10.2 Å². The Bertz CT molecular complexity index is 714. The lowest BCUT2D eigenvalue weighted by molar-refractivity contribution is 0.101. The van der Waals surface area contributed by atoms with Gasteiger partial charge >= 0.3 is 0 Å². The number of furan rings is 1. The number of ketones is 1. The van der Waals surface area contributed by atoms with Crippen LogP contribution in [0, 0.1) is 0 Å². The highest BCUT2D eigenvalue weighted by molar-refractivity contribution is 6.09. The van der Waals surface area contributed by atoms with Gasteiger partial charge in [-0.15, -0.1) is 0 Å². The zero-order valence-electron chi connectivity index (χ0n) is 9.59. The fourth-order valence-electron chi connectivity index (χ4n) is 1.91. The van der Waals surface area contributed by atoms with Gasteiger partial charge in [0, 0.05) is 16.6 Å². The van der Waals surface area contributed by atoms with Gasteiger partial charge in [0.15, 0.2) is 5.76 Å². The predicted molar refractivity (Wildman–Crippen MR) is 70.5 cm³/mol. The van der Waals surface area contributed by atoms with E-state index in [1.807, 2.05) is 18.2 Å². The molecule has 1 aromatic heterocycles. The van der Waals surface area contributed by atoms with Crippen molar-refractivity contribution in [3.63, 3.8) is 0 Å². The Morgan fingerprint density at radius 3 is 2.56 bits per heavy atom. The Labute approximate surface area is 104 Å². The molecule has 2 N–H and O–H groups in total. The van der Waals surface area contributed by atoms with Gasteiger partial charge in [0.1, 0.15) is 5.58 Å². The first-order valence-electron chi connectivity index (χ1n) is 5.63. The van der Waals surface area contributed by atoms with Gasteiger partial charge in [0.05, 0.1) is 0 Å². The second kappa shape index (κ2) is 4.04. The molecular weight excluding hydrogens is 226 g/mol. The molecule has 0 saturated carbocycles. The molecule has 2 aromatic carbocycles. The molecule has 0 unspecified atom stereocenters. The highest BCUT2D eigenvalue weighted by atomic mass is 16.3. The summed E-state index contributed by atoms with van der Waals surface area (Å²) < 4.78 is 5.53. The first-order chi connectivity index (χ1) is 8.74. The van der Waals surface area contributed by atoms with Gasteiger partial charge in [-0.25, -0.2) is 0 Å². The third kappa shape index (κ3) is 1.76. The smallest absolute Gasteiger partial charge is 0.228 e. The van der Waals surface area contributed by atoms with Crippen molar-refractivity contribution in [3.05, 3.63) is 65.9 Å². The van der Waals surface area contributed by atoms with E-state index >= 15 is 0 Å². The molecule has 0 atom stereocenters. The van der Waals surface area contributed by atoms with Crippen LogP contribution in [0.15, 0.2) is 59.0 Å². The number of carbonyl (C=O) groups excluding carboxylic acids is 1. The summed E-state index contributed by atoms with van der Waals surface area (Å²) in [5, 5.41) is 0.842. The molecule has 88 valence electrons.